The highest BCUT2D eigenvalue weighted by Crippen LogP contribution is 2.21. The van der Waals surface area contributed by atoms with Crippen LogP contribution in [0.5, 0.6) is 0 Å². The summed E-state index contributed by atoms with van der Waals surface area (Å²) < 4.78 is 0. The van der Waals surface area contributed by atoms with E-state index < -0.39 is 5.91 Å². The van der Waals surface area contributed by atoms with Gasteiger partial charge >= 0.3 is 0 Å². The molecule has 2 aromatic rings. The predicted octanol–water partition coefficient (Wildman–Crippen LogP) is 2.54. The molecule has 2 aromatic carbocycles. The molecule has 0 atom stereocenters. The van der Waals surface area contributed by atoms with Crippen LogP contribution in [0.25, 0.3) is 0 Å². The first-order chi connectivity index (χ1) is 9.61. The van der Waals surface area contributed by atoms with E-state index in [9.17, 15) is 4.79 Å². The minimum atomic E-state index is -0.473. The molecule has 0 aliphatic rings. The van der Waals surface area contributed by atoms with E-state index >= 15 is 0 Å². The van der Waals surface area contributed by atoms with Crippen molar-refractivity contribution in [2.75, 3.05) is 11.1 Å². The second kappa shape index (κ2) is 6.10. The third-order valence-corrected chi connectivity index (χ3v) is 3.30. The van der Waals surface area contributed by atoms with Gasteiger partial charge in [-0.25, -0.2) is 0 Å². The highest BCUT2D eigenvalue weighted by atomic mass is 16.1. The Morgan fingerprint density at radius 1 is 1.15 bits per heavy atom. The second-order valence-corrected chi connectivity index (χ2v) is 4.64. The number of primary amides is 1. The summed E-state index contributed by atoms with van der Waals surface area (Å²) in [4.78, 5) is 11.1. The van der Waals surface area contributed by atoms with Crippen LogP contribution in [0.15, 0.2) is 42.5 Å². The molecule has 2 rings (SSSR count). The summed E-state index contributed by atoms with van der Waals surface area (Å²) in [5.41, 5.74) is 15.4. The lowest BCUT2D eigenvalue weighted by atomic mass is 10.1. The molecule has 4 heteroatoms. The molecule has 0 fully saturated rings. The molecule has 1 amide bonds. The van der Waals surface area contributed by atoms with Gasteiger partial charge in [-0.2, -0.15) is 0 Å². The van der Waals surface area contributed by atoms with Gasteiger partial charge in [0.15, 0.2) is 0 Å². The van der Waals surface area contributed by atoms with E-state index in [4.69, 9.17) is 11.5 Å². The molecule has 0 aliphatic carbocycles. The van der Waals surface area contributed by atoms with Crippen LogP contribution in [0.2, 0.25) is 0 Å². The van der Waals surface area contributed by atoms with Crippen LogP contribution < -0.4 is 16.8 Å². The number of aryl methyl sites for hydroxylation is 1. The number of rotatable bonds is 5. The summed E-state index contributed by atoms with van der Waals surface area (Å²) in [6, 6.07) is 13.3. The third kappa shape index (κ3) is 3.09. The summed E-state index contributed by atoms with van der Waals surface area (Å²) in [7, 11) is 0. The van der Waals surface area contributed by atoms with Gasteiger partial charge in [-0.15, -0.1) is 0 Å². The van der Waals surface area contributed by atoms with E-state index in [0.717, 1.165) is 12.1 Å². The van der Waals surface area contributed by atoms with Gasteiger partial charge in [-0.05, 0) is 35.7 Å². The minimum Gasteiger partial charge on any atom is -0.397 e. The zero-order valence-corrected chi connectivity index (χ0v) is 11.5. The van der Waals surface area contributed by atoms with Gasteiger partial charge in [0.1, 0.15) is 0 Å². The largest absolute Gasteiger partial charge is 0.397 e. The van der Waals surface area contributed by atoms with Gasteiger partial charge in [0.25, 0.3) is 0 Å². The fraction of sp³-hybridized carbons (Fsp3) is 0.188. The number of benzene rings is 2. The zero-order chi connectivity index (χ0) is 14.5. The molecule has 4 nitrogen and oxygen atoms in total. The maximum atomic E-state index is 11.1. The maximum Gasteiger partial charge on any atom is 0.248 e. The molecule has 0 aromatic heterocycles. The Morgan fingerprint density at radius 3 is 2.45 bits per heavy atom. The van der Waals surface area contributed by atoms with Crippen molar-refractivity contribution in [2.45, 2.75) is 19.9 Å². The fourth-order valence-electron chi connectivity index (χ4n) is 2.14. The summed E-state index contributed by atoms with van der Waals surface area (Å²) in [5, 5.41) is 3.29. The van der Waals surface area contributed by atoms with Gasteiger partial charge < -0.3 is 16.8 Å². The van der Waals surface area contributed by atoms with Crippen molar-refractivity contribution >= 4 is 17.3 Å². The Hall–Kier alpha value is -2.49. The molecule has 0 saturated heterocycles. The molecule has 0 saturated carbocycles. The molecular formula is C16H19N3O. The van der Waals surface area contributed by atoms with Crippen LogP contribution in [-0.4, -0.2) is 5.91 Å². The van der Waals surface area contributed by atoms with Crippen LogP contribution in [0.1, 0.15) is 28.4 Å². The number of amides is 1. The lowest BCUT2D eigenvalue weighted by Gasteiger charge is -2.12. The first kappa shape index (κ1) is 13.9. The smallest absolute Gasteiger partial charge is 0.248 e. The van der Waals surface area contributed by atoms with Crippen LogP contribution >= 0.6 is 0 Å². The molecule has 0 heterocycles. The van der Waals surface area contributed by atoms with Gasteiger partial charge in [0.2, 0.25) is 5.91 Å². The molecule has 0 spiro atoms. The summed E-state index contributed by atoms with van der Waals surface area (Å²) in [5.74, 6) is -0.473. The highest BCUT2D eigenvalue weighted by molar-refractivity contribution is 5.94. The Labute approximate surface area is 118 Å². The van der Waals surface area contributed by atoms with Crippen molar-refractivity contribution in [3.05, 3.63) is 59.2 Å². The number of carbonyl (C=O) groups is 1. The highest BCUT2D eigenvalue weighted by Gasteiger charge is 2.05. The number of nitrogens with two attached hydrogens (primary N) is 2. The topological polar surface area (TPSA) is 81.1 Å². The van der Waals surface area contributed by atoms with Crippen molar-refractivity contribution in [1.82, 2.24) is 0 Å². The average Bonchev–Trinajstić information content (AvgIpc) is 2.46. The molecular weight excluding hydrogens is 250 g/mol. The Bertz CT molecular complexity index is 623. The molecule has 0 aliphatic heterocycles. The van der Waals surface area contributed by atoms with Gasteiger partial charge in [0, 0.05) is 12.1 Å². The van der Waals surface area contributed by atoms with Crippen molar-refractivity contribution in [1.29, 1.82) is 0 Å². The minimum absolute atomic E-state index is 0.419. The van der Waals surface area contributed by atoms with Crippen LogP contribution in [0, 0.1) is 0 Å². The van der Waals surface area contributed by atoms with Gasteiger partial charge in [-0.3, -0.25) is 4.79 Å². The molecule has 20 heavy (non-hydrogen) atoms. The Balaban J connectivity index is 2.13. The summed E-state index contributed by atoms with van der Waals surface area (Å²) in [6.45, 7) is 2.83. The third-order valence-electron chi connectivity index (χ3n) is 3.30. The first-order valence-electron chi connectivity index (χ1n) is 6.61. The molecule has 5 N–H and O–H groups in total. The van der Waals surface area contributed by atoms with E-state index in [1.165, 1.54) is 11.1 Å². The lowest BCUT2D eigenvalue weighted by molar-refractivity contribution is 0.100. The quantitative estimate of drug-likeness (QED) is 0.730. The average molecular weight is 269 g/mol. The summed E-state index contributed by atoms with van der Waals surface area (Å²) in [6.07, 6.45) is 0.994. The normalized spacial score (nSPS) is 10.2. The maximum absolute atomic E-state index is 11.1. The van der Waals surface area contributed by atoms with Crippen molar-refractivity contribution in [3.63, 3.8) is 0 Å². The lowest BCUT2D eigenvalue weighted by Crippen LogP contribution is -2.12. The van der Waals surface area contributed by atoms with Crippen molar-refractivity contribution < 1.29 is 4.79 Å². The molecule has 0 unspecified atom stereocenters. The zero-order valence-electron chi connectivity index (χ0n) is 11.5. The number of hydrogen-bond donors (Lipinski definition) is 3. The second-order valence-electron chi connectivity index (χ2n) is 4.64. The van der Waals surface area contributed by atoms with Gasteiger partial charge in [-0.1, -0.05) is 31.2 Å². The Kier molecular flexibility index (Phi) is 4.25. The van der Waals surface area contributed by atoms with Gasteiger partial charge in [0.05, 0.1) is 11.4 Å². The molecule has 104 valence electrons. The number of nitrogen functional groups attached to an aromatic ring is 1. The standard InChI is InChI=1S/C16H19N3O/c1-2-11-5-3-4-6-13(11)10-19-15-8-7-12(16(18)20)9-14(15)17/h3-9,19H,2,10,17H2,1H3,(H2,18,20). The van der Waals surface area contributed by atoms with Crippen molar-refractivity contribution in [2.24, 2.45) is 5.73 Å². The van der Waals surface area contributed by atoms with Crippen LogP contribution in [-0.2, 0) is 13.0 Å². The van der Waals surface area contributed by atoms with Crippen LogP contribution in [0.3, 0.4) is 0 Å². The monoisotopic (exact) mass is 269 g/mol. The fourth-order valence-corrected chi connectivity index (χ4v) is 2.14. The predicted molar refractivity (Wildman–Crippen MR) is 82.5 cm³/mol. The van der Waals surface area contributed by atoms with E-state index in [2.05, 4.69) is 24.4 Å². The number of carbonyl (C=O) groups excluding carboxylic acids is 1. The first-order valence-corrected chi connectivity index (χ1v) is 6.61. The van der Waals surface area contributed by atoms with E-state index in [1.54, 1.807) is 18.2 Å². The van der Waals surface area contributed by atoms with Crippen LogP contribution in [0.4, 0.5) is 11.4 Å². The van der Waals surface area contributed by atoms with E-state index in [1.807, 2.05) is 12.1 Å². The van der Waals surface area contributed by atoms with E-state index in [0.29, 0.717) is 17.8 Å². The van der Waals surface area contributed by atoms with E-state index in [-0.39, 0.29) is 0 Å². The number of hydrogen-bond acceptors (Lipinski definition) is 3. The molecule has 0 bridgehead atoms. The SMILES string of the molecule is CCc1ccccc1CNc1ccc(C(N)=O)cc1N. The molecule has 0 radical (unpaired) electrons. The number of anilines is 2. The van der Waals surface area contributed by atoms with Crippen molar-refractivity contribution in [3.8, 4) is 0 Å². The Morgan fingerprint density at radius 2 is 1.85 bits per heavy atom. The summed E-state index contributed by atoms with van der Waals surface area (Å²) >= 11 is 0. The number of nitrogens with one attached hydrogen (secondary N) is 1.